The number of anilines is 1. The molecule has 0 radical (unpaired) electrons. The van der Waals surface area contributed by atoms with E-state index in [0.717, 1.165) is 13.0 Å². The Morgan fingerprint density at radius 2 is 2.13 bits per heavy atom. The largest absolute Gasteiger partial charge is 0.486 e. The van der Waals surface area contributed by atoms with Gasteiger partial charge in [0, 0.05) is 12.5 Å². The molecule has 0 fully saturated rings. The summed E-state index contributed by atoms with van der Waals surface area (Å²) in [4.78, 5) is 20.2. The monoisotopic (exact) mass is 341 g/mol. The topological polar surface area (TPSA) is 54.3 Å². The SMILES string of the molecule is C=N/C(Cl)=N\C(=C(/C)F)c1cc(F)c2c(c1)N(C(C)=O)CCO2. The van der Waals surface area contributed by atoms with Gasteiger partial charge in [-0.25, -0.2) is 18.8 Å². The number of fused-ring (bicyclic) bond motifs is 1. The van der Waals surface area contributed by atoms with Gasteiger partial charge < -0.3 is 9.64 Å². The Kier molecular flexibility index (Phi) is 5.10. The number of halogens is 3. The number of amidine groups is 1. The van der Waals surface area contributed by atoms with E-state index in [1.807, 2.05) is 0 Å². The number of hydrogen-bond donors (Lipinski definition) is 0. The Labute approximate surface area is 136 Å². The second-order valence-electron chi connectivity index (χ2n) is 4.75. The molecule has 1 aromatic carbocycles. The molecule has 1 amide bonds. The minimum absolute atomic E-state index is 0.0528. The van der Waals surface area contributed by atoms with Crippen LogP contribution in [-0.4, -0.2) is 31.1 Å². The van der Waals surface area contributed by atoms with Crippen LogP contribution < -0.4 is 9.64 Å². The quantitative estimate of drug-likeness (QED) is 0.469. The number of aliphatic imine (C=N–C) groups is 2. The van der Waals surface area contributed by atoms with E-state index in [4.69, 9.17) is 16.3 Å². The fraction of sp³-hybridized carbons (Fsp3) is 0.267. The number of benzene rings is 1. The molecule has 0 atom stereocenters. The van der Waals surface area contributed by atoms with Crippen molar-refractivity contribution < 1.29 is 18.3 Å². The van der Waals surface area contributed by atoms with E-state index in [1.165, 1.54) is 17.9 Å². The molecular formula is C15H14ClF2N3O2. The lowest BCUT2D eigenvalue weighted by Crippen LogP contribution is -2.36. The molecule has 1 heterocycles. The molecular weight excluding hydrogens is 328 g/mol. The fourth-order valence-electron chi connectivity index (χ4n) is 2.21. The van der Waals surface area contributed by atoms with Crippen LogP contribution in [0, 0.1) is 5.82 Å². The van der Waals surface area contributed by atoms with Crippen molar-refractivity contribution >= 4 is 40.9 Å². The number of ether oxygens (including phenoxy) is 1. The number of rotatable bonds is 2. The van der Waals surface area contributed by atoms with Crippen LogP contribution in [0.25, 0.3) is 5.70 Å². The zero-order chi connectivity index (χ0) is 17.1. The third kappa shape index (κ3) is 3.56. The van der Waals surface area contributed by atoms with Crippen LogP contribution in [0.2, 0.25) is 0 Å². The van der Waals surface area contributed by atoms with Gasteiger partial charge >= 0.3 is 0 Å². The molecule has 0 saturated carbocycles. The Balaban J connectivity index is 2.64. The molecule has 5 nitrogen and oxygen atoms in total. The van der Waals surface area contributed by atoms with Crippen LogP contribution >= 0.6 is 11.6 Å². The van der Waals surface area contributed by atoms with Gasteiger partial charge in [0.15, 0.2) is 11.6 Å². The highest BCUT2D eigenvalue weighted by Crippen LogP contribution is 2.38. The first-order valence-corrected chi connectivity index (χ1v) is 7.05. The highest BCUT2D eigenvalue weighted by Gasteiger charge is 2.26. The van der Waals surface area contributed by atoms with Gasteiger partial charge in [-0.2, -0.15) is 0 Å². The van der Waals surface area contributed by atoms with Crippen molar-refractivity contribution in [3.05, 3.63) is 29.3 Å². The van der Waals surface area contributed by atoms with Gasteiger partial charge in [0.25, 0.3) is 0 Å². The van der Waals surface area contributed by atoms with Crippen molar-refractivity contribution in [2.75, 3.05) is 18.1 Å². The number of amides is 1. The highest BCUT2D eigenvalue weighted by atomic mass is 35.5. The number of carbonyl (C=O) groups is 1. The van der Waals surface area contributed by atoms with Crippen LogP contribution in [0.15, 0.2) is 27.9 Å². The summed E-state index contributed by atoms with van der Waals surface area (Å²) >= 11 is 5.65. The molecule has 0 aliphatic carbocycles. The van der Waals surface area contributed by atoms with E-state index in [2.05, 4.69) is 16.7 Å². The van der Waals surface area contributed by atoms with Crippen molar-refractivity contribution in [1.29, 1.82) is 0 Å². The lowest BCUT2D eigenvalue weighted by Gasteiger charge is -2.29. The zero-order valence-electron chi connectivity index (χ0n) is 12.6. The summed E-state index contributed by atoms with van der Waals surface area (Å²) in [5.74, 6) is -1.73. The van der Waals surface area contributed by atoms with E-state index >= 15 is 0 Å². The van der Waals surface area contributed by atoms with Crippen LogP contribution in [0.1, 0.15) is 19.4 Å². The highest BCUT2D eigenvalue weighted by molar-refractivity contribution is 6.65. The molecule has 0 aromatic heterocycles. The molecule has 122 valence electrons. The first kappa shape index (κ1) is 17.1. The average molecular weight is 342 g/mol. The zero-order valence-corrected chi connectivity index (χ0v) is 13.3. The van der Waals surface area contributed by atoms with E-state index in [9.17, 15) is 13.6 Å². The normalized spacial score (nSPS) is 15.5. The second kappa shape index (κ2) is 6.87. The maximum absolute atomic E-state index is 14.3. The van der Waals surface area contributed by atoms with Gasteiger partial charge in [-0.3, -0.25) is 4.79 Å². The summed E-state index contributed by atoms with van der Waals surface area (Å²) in [5.41, 5.74) is 0.133. The number of hydrogen-bond acceptors (Lipinski definition) is 3. The Bertz CT molecular complexity index is 728. The number of allylic oxidation sites excluding steroid dienone is 1. The third-order valence-electron chi connectivity index (χ3n) is 3.19. The smallest absolute Gasteiger partial charge is 0.224 e. The van der Waals surface area contributed by atoms with E-state index in [0.29, 0.717) is 0 Å². The molecule has 1 aliphatic heterocycles. The van der Waals surface area contributed by atoms with Crippen molar-refractivity contribution in [2.45, 2.75) is 13.8 Å². The first-order valence-electron chi connectivity index (χ1n) is 6.67. The van der Waals surface area contributed by atoms with Crippen LogP contribution in [0.3, 0.4) is 0 Å². The van der Waals surface area contributed by atoms with Gasteiger partial charge in [0.1, 0.15) is 18.1 Å². The third-order valence-corrected chi connectivity index (χ3v) is 3.39. The molecule has 0 bridgehead atoms. The van der Waals surface area contributed by atoms with Gasteiger partial charge in [0.05, 0.1) is 12.2 Å². The van der Waals surface area contributed by atoms with Crippen molar-refractivity contribution in [3.63, 3.8) is 0 Å². The molecule has 0 saturated heterocycles. The van der Waals surface area contributed by atoms with E-state index in [-0.39, 0.29) is 47.1 Å². The van der Waals surface area contributed by atoms with E-state index in [1.54, 1.807) is 0 Å². The lowest BCUT2D eigenvalue weighted by atomic mass is 10.1. The van der Waals surface area contributed by atoms with Crippen molar-refractivity contribution in [3.8, 4) is 5.75 Å². The standard InChI is InChI=1S/C15H14ClF2N3O2/c1-8(17)13(20-15(16)19-3)10-6-11(18)14-12(7-10)21(9(2)22)4-5-23-14/h6-7H,3-5H2,1-2H3/b13-8+,20-15-. The van der Waals surface area contributed by atoms with Crippen LogP contribution in [-0.2, 0) is 4.79 Å². The minimum Gasteiger partial charge on any atom is -0.486 e. The predicted octanol–water partition coefficient (Wildman–Crippen LogP) is 3.52. The molecule has 0 unspecified atom stereocenters. The molecule has 0 N–H and O–H groups in total. The maximum atomic E-state index is 14.3. The number of nitrogens with zero attached hydrogens (tertiary/aromatic N) is 3. The van der Waals surface area contributed by atoms with Gasteiger partial charge in [-0.05, 0) is 37.4 Å². The molecule has 23 heavy (non-hydrogen) atoms. The minimum atomic E-state index is -0.722. The molecule has 1 aliphatic rings. The summed E-state index contributed by atoms with van der Waals surface area (Å²) in [6.07, 6.45) is 0. The summed E-state index contributed by atoms with van der Waals surface area (Å²) < 4.78 is 33.3. The fourth-order valence-corrected chi connectivity index (χ4v) is 2.30. The predicted molar refractivity (Wildman–Crippen MR) is 86.5 cm³/mol. The van der Waals surface area contributed by atoms with Crippen LogP contribution in [0.5, 0.6) is 5.75 Å². The summed E-state index contributed by atoms with van der Waals surface area (Å²) in [7, 11) is 0. The summed E-state index contributed by atoms with van der Waals surface area (Å²) in [6.45, 7) is 6.15. The van der Waals surface area contributed by atoms with Crippen molar-refractivity contribution in [1.82, 2.24) is 0 Å². The second-order valence-corrected chi connectivity index (χ2v) is 5.08. The number of carbonyl (C=O) groups excluding carboxylic acids is 1. The molecule has 8 heteroatoms. The molecule has 2 rings (SSSR count). The van der Waals surface area contributed by atoms with Gasteiger partial charge in [-0.1, -0.05) is 0 Å². The lowest BCUT2D eigenvalue weighted by molar-refractivity contribution is -0.116. The molecule has 1 aromatic rings. The van der Waals surface area contributed by atoms with Crippen LogP contribution in [0.4, 0.5) is 14.5 Å². The Morgan fingerprint density at radius 3 is 2.70 bits per heavy atom. The Morgan fingerprint density at radius 1 is 1.43 bits per heavy atom. The first-order chi connectivity index (χ1) is 10.8. The van der Waals surface area contributed by atoms with Crippen molar-refractivity contribution in [2.24, 2.45) is 9.98 Å². The molecule has 0 spiro atoms. The Hall–Kier alpha value is -2.28. The summed E-state index contributed by atoms with van der Waals surface area (Å²) in [5, 5.41) is -0.283. The maximum Gasteiger partial charge on any atom is 0.224 e. The van der Waals surface area contributed by atoms with E-state index < -0.39 is 11.6 Å². The average Bonchev–Trinajstić information content (AvgIpc) is 2.51. The van der Waals surface area contributed by atoms with Gasteiger partial charge in [0.2, 0.25) is 11.2 Å². The summed E-state index contributed by atoms with van der Waals surface area (Å²) in [6, 6.07) is 2.49. The van der Waals surface area contributed by atoms with Gasteiger partial charge in [-0.15, -0.1) is 0 Å².